The molecule has 0 aliphatic carbocycles. The number of pyridine rings is 1. The second-order valence-electron chi connectivity index (χ2n) is 2.08. The zero-order valence-corrected chi connectivity index (χ0v) is 6.14. The van der Waals surface area contributed by atoms with Gasteiger partial charge in [0.2, 0.25) is 5.91 Å². The van der Waals surface area contributed by atoms with E-state index >= 15 is 0 Å². The fourth-order valence-electron chi connectivity index (χ4n) is 0.687. The molecule has 1 aromatic heterocycles. The monoisotopic (exact) mass is 165 g/mol. The predicted molar refractivity (Wildman–Crippen MR) is 42.1 cm³/mol. The van der Waals surface area contributed by atoms with Crippen LogP contribution in [0.4, 0.5) is 0 Å². The van der Waals surface area contributed by atoms with Crippen LogP contribution in [0.15, 0.2) is 23.5 Å². The summed E-state index contributed by atoms with van der Waals surface area (Å²) in [5.41, 5.74) is 5.76. The van der Waals surface area contributed by atoms with Gasteiger partial charge in [0.15, 0.2) is 0 Å². The summed E-state index contributed by atoms with van der Waals surface area (Å²) >= 11 is 0. The van der Waals surface area contributed by atoms with Gasteiger partial charge in [0.05, 0.1) is 17.5 Å². The molecule has 3 N–H and O–H groups in total. The Kier molecular flexibility index (Phi) is 2.37. The van der Waals surface area contributed by atoms with Crippen molar-refractivity contribution in [3.63, 3.8) is 0 Å². The quantitative estimate of drug-likeness (QED) is 0.367. The van der Waals surface area contributed by atoms with Crippen LogP contribution in [-0.4, -0.2) is 22.3 Å². The number of oxime groups is 1. The van der Waals surface area contributed by atoms with E-state index in [1.807, 2.05) is 0 Å². The Balaban J connectivity index is 2.93. The summed E-state index contributed by atoms with van der Waals surface area (Å²) in [5.74, 6) is -0.532. The molecule has 0 bridgehead atoms. The molecular weight excluding hydrogens is 158 g/mol. The molecule has 0 saturated heterocycles. The molecule has 0 aliphatic rings. The minimum atomic E-state index is -0.532. The molecule has 0 fully saturated rings. The van der Waals surface area contributed by atoms with Gasteiger partial charge in [-0.2, -0.15) is 0 Å². The van der Waals surface area contributed by atoms with Gasteiger partial charge in [-0.15, -0.1) is 0 Å². The van der Waals surface area contributed by atoms with E-state index in [9.17, 15) is 4.79 Å². The van der Waals surface area contributed by atoms with Gasteiger partial charge in [-0.3, -0.25) is 9.78 Å². The first-order valence-electron chi connectivity index (χ1n) is 3.17. The maximum atomic E-state index is 10.6. The van der Waals surface area contributed by atoms with Crippen LogP contribution in [0.3, 0.4) is 0 Å². The molecule has 1 aromatic rings. The smallest absolute Gasteiger partial charge is 0.250 e. The molecular formula is C7H7N3O2. The van der Waals surface area contributed by atoms with Gasteiger partial charge >= 0.3 is 0 Å². The molecule has 62 valence electrons. The lowest BCUT2D eigenvalue weighted by atomic mass is 10.2. The fraction of sp³-hybridized carbons (Fsp3) is 0. The zero-order valence-electron chi connectivity index (χ0n) is 6.14. The molecule has 1 heterocycles. The van der Waals surface area contributed by atoms with E-state index in [-0.39, 0.29) is 0 Å². The van der Waals surface area contributed by atoms with Gasteiger partial charge in [0.25, 0.3) is 0 Å². The fourth-order valence-corrected chi connectivity index (χ4v) is 0.687. The van der Waals surface area contributed by atoms with Crippen molar-refractivity contribution in [1.82, 2.24) is 4.98 Å². The van der Waals surface area contributed by atoms with E-state index < -0.39 is 5.91 Å². The van der Waals surface area contributed by atoms with Gasteiger partial charge < -0.3 is 10.9 Å². The van der Waals surface area contributed by atoms with Crippen molar-refractivity contribution in [2.75, 3.05) is 0 Å². The Bertz CT molecular complexity index is 305. The first-order valence-corrected chi connectivity index (χ1v) is 3.17. The van der Waals surface area contributed by atoms with Crippen LogP contribution in [0, 0.1) is 0 Å². The van der Waals surface area contributed by atoms with E-state index in [1.54, 1.807) is 0 Å². The maximum Gasteiger partial charge on any atom is 0.250 e. The van der Waals surface area contributed by atoms with Crippen molar-refractivity contribution in [2.24, 2.45) is 10.9 Å². The van der Waals surface area contributed by atoms with Crippen molar-refractivity contribution < 1.29 is 10.0 Å². The predicted octanol–water partition coefficient (Wildman–Crippen LogP) is -0.0114. The third-order valence-electron chi connectivity index (χ3n) is 1.26. The highest BCUT2D eigenvalue weighted by atomic mass is 16.4. The number of amides is 1. The number of nitrogens with two attached hydrogens (primary N) is 1. The van der Waals surface area contributed by atoms with Gasteiger partial charge in [-0.25, -0.2) is 0 Å². The van der Waals surface area contributed by atoms with Crippen LogP contribution >= 0.6 is 0 Å². The van der Waals surface area contributed by atoms with Crippen molar-refractivity contribution in [3.05, 3.63) is 29.6 Å². The Labute approximate surface area is 68.5 Å². The highest BCUT2D eigenvalue weighted by Crippen LogP contribution is 1.96. The topological polar surface area (TPSA) is 88.6 Å². The average molecular weight is 165 g/mol. The summed E-state index contributed by atoms with van der Waals surface area (Å²) in [7, 11) is 0. The Morgan fingerprint density at radius 3 is 2.83 bits per heavy atom. The Hall–Kier alpha value is -1.91. The molecule has 5 heteroatoms. The summed E-state index contributed by atoms with van der Waals surface area (Å²) in [5, 5.41) is 10.9. The van der Waals surface area contributed by atoms with Crippen LogP contribution in [0.1, 0.15) is 16.1 Å². The van der Waals surface area contributed by atoms with Gasteiger partial charge in [-0.1, -0.05) is 5.16 Å². The molecule has 0 spiro atoms. The largest absolute Gasteiger partial charge is 0.411 e. The molecule has 1 rings (SSSR count). The van der Waals surface area contributed by atoms with Crippen LogP contribution < -0.4 is 5.73 Å². The molecule has 0 aromatic carbocycles. The number of primary amides is 1. The minimum absolute atomic E-state index is 0.324. The summed E-state index contributed by atoms with van der Waals surface area (Å²) in [6, 6.07) is 3.03. The van der Waals surface area contributed by atoms with Crippen molar-refractivity contribution >= 4 is 12.1 Å². The normalized spacial score (nSPS) is 10.3. The molecule has 0 atom stereocenters. The van der Waals surface area contributed by atoms with Gasteiger partial charge in [-0.05, 0) is 12.1 Å². The van der Waals surface area contributed by atoms with E-state index in [1.165, 1.54) is 18.3 Å². The SMILES string of the molecule is NC(=O)c1ccc(/C=N/O)nc1. The number of carbonyl (C=O) groups excluding carboxylic acids is 1. The van der Waals surface area contributed by atoms with Crippen LogP contribution in [0.25, 0.3) is 0 Å². The van der Waals surface area contributed by atoms with Gasteiger partial charge in [0, 0.05) is 6.20 Å². The number of hydrogen-bond donors (Lipinski definition) is 2. The van der Waals surface area contributed by atoms with E-state index in [2.05, 4.69) is 10.1 Å². The first kappa shape index (κ1) is 8.19. The standard InChI is InChI=1S/C7H7N3O2/c8-7(11)5-1-2-6(4-10-12)9-3-5/h1-4,12H,(H2,8,11)/b10-4+. The number of rotatable bonds is 2. The first-order chi connectivity index (χ1) is 5.74. The number of hydrogen-bond acceptors (Lipinski definition) is 4. The lowest BCUT2D eigenvalue weighted by Gasteiger charge is -1.93. The van der Waals surface area contributed by atoms with Crippen LogP contribution in [-0.2, 0) is 0 Å². The lowest BCUT2D eigenvalue weighted by Crippen LogP contribution is -2.11. The maximum absolute atomic E-state index is 10.6. The molecule has 0 radical (unpaired) electrons. The minimum Gasteiger partial charge on any atom is -0.411 e. The Morgan fingerprint density at radius 2 is 2.42 bits per heavy atom. The zero-order chi connectivity index (χ0) is 8.97. The van der Waals surface area contributed by atoms with E-state index in [4.69, 9.17) is 10.9 Å². The molecule has 0 saturated carbocycles. The molecule has 12 heavy (non-hydrogen) atoms. The average Bonchev–Trinajstić information content (AvgIpc) is 2.06. The molecule has 0 aliphatic heterocycles. The number of nitrogens with zero attached hydrogens (tertiary/aromatic N) is 2. The summed E-state index contributed by atoms with van der Waals surface area (Å²) in [6.45, 7) is 0. The number of carbonyl (C=O) groups is 1. The van der Waals surface area contributed by atoms with Crippen LogP contribution in [0.5, 0.6) is 0 Å². The van der Waals surface area contributed by atoms with E-state index in [0.29, 0.717) is 11.3 Å². The van der Waals surface area contributed by atoms with E-state index in [0.717, 1.165) is 6.21 Å². The third kappa shape index (κ3) is 1.79. The van der Waals surface area contributed by atoms with Crippen molar-refractivity contribution in [3.8, 4) is 0 Å². The molecule has 1 amide bonds. The van der Waals surface area contributed by atoms with Gasteiger partial charge in [0.1, 0.15) is 0 Å². The highest BCUT2D eigenvalue weighted by Gasteiger charge is 1.98. The lowest BCUT2D eigenvalue weighted by molar-refractivity contribution is 0.1000. The summed E-state index contributed by atoms with van der Waals surface area (Å²) in [6.07, 6.45) is 2.48. The summed E-state index contributed by atoms with van der Waals surface area (Å²) in [4.78, 5) is 14.3. The highest BCUT2D eigenvalue weighted by molar-refractivity contribution is 5.92. The number of aromatic nitrogens is 1. The van der Waals surface area contributed by atoms with Crippen molar-refractivity contribution in [1.29, 1.82) is 0 Å². The molecule has 0 unspecified atom stereocenters. The second kappa shape index (κ2) is 3.47. The Morgan fingerprint density at radius 1 is 1.67 bits per heavy atom. The second-order valence-corrected chi connectivity index (χ2v) is 2.08. The summed E-state index contributed by atoms with van der Waals surface area (Å²) < 4.78 is 0. The van der Waals surface area contributed by atoms with Crippen molar-refractivity contribution in [2.45, 2.75) is 0 Å². The molecule has 5 nitrogen and oxygen atoms in total. The third-order valence-corrected chi connectivity index (χ3v) is 1.26. The van der Waals surface area contributed by atoms with Crippen LogP contribution in [0.2, 0.25) is 0 Å².